The fourth-order valence-electron chi connectivity index (χ4n) is 1.83. The monoisotopic (exact) mass is 249 g/mol. The van der Waals surface area contributed by atoms with E-state index in [1.54, 1.807) is 7.11 Å². The van der Waals surface area contributed by atoms with Gasteiger partial charge in [-0.1, -0.05) is 12.1 Å². The molecule has 0 saturated heterocycles. The molecule has 1 aromatic rings. The molecule has 2 rings (SSSR count). The number of methoxy groups -OCH3 is 1. The van der Waals surface area contributed by atoms with Crippen molar-refractivity contribution in [3.8, 4) is 5.75 Å². The maximum Gasteiger partial charge on any atom is 0.118 e. The Balaban J connectivity index is 1.48. The van der Waals surface area contributed by atoms with E-state index in [0.29, 0.717) is 0 Å². The van der Waals surface area contributed by atoms with Crippen molar-refractivity contribution in [2.24, 2.45) is 5.92 Å². The third kappa shape index (κ3) is 5.07. The van der Waals surface area contributed by atoms with E-state index in [0.717, 1.165) is 44.4 Å². The summed E-state index contributed by atoms with van der Waals surface area (Å²) < 4.78 is 10.7. The summed E-state index contributed by atoms with van der Waals surface area (Å²) in [7, 11) is 1.69. The molecule has 0 unspecified atom stereocenters. The van der Waals surface area contributed by atoms with E-state index in [-0.39, 0.29) is 0 Å². The highest BCUT2D eigenvalue weighted by molar-refractivity contribution is 5.27. The fourth-order valence-corrected chi connectivity index (χ4v) is 1.83. The van der Waals surface area contributed by atoms with Crippen LogP contribution < -0.4 is 10.1 Å². The summed E-state index contributed by atoms with van der Waals surface area (Å²) in [5.74, 6) is 1.78. The van der Waals surface area contributed by atoms with Crippen LogP contribution in [0.4, 0.5) is 0 Å². The van der Waals surface area contributed by atoms with Gasteiger partial charge in [-0.25, -0.2) is 0 Å². The van der Waals surface area contributed by atoms with Crippen LogP contribution >= 0.6 is 0 Å². The summed E-state index contributed by atoms with van der Waals surface area (Å²) in [4.78, 5) is 0. The molecule has 1 aliphatic carbocycles. The number of benzene rings is 1. The van der Waals surface area contributed by atoms with Crippen LogP contribution in [0.25, 0.3) is 0 Å². The number of rotatable bonds is 9. The van der Waals surface area contributed by atoms with E-state index in [1.165, 1.54) is 18.4 Å². The lowest BCUT2D eigenvalue weighted by Gasteiger charge is -2.06. The summed E-state index contributed by atoms with van der Waals surface area (Å²) in [6.45, 7) is 3.74. The summed E-state index contributed by atoms with van der Waals surface area (Å²) in [6, 6.07) is 8.25. The predicted octanol–water partition coefficient (Wildman–Crippen LogP) is 2.25. The van der Waals surface area contributed by atoms with Crippen molar-refractivity contribution in [1.82, 2.24) is 5.32 Å². The van der Waals surface area contributed by atoms with Crippen LogP contribution in [-0.4, -0.2) is 33.4 Å². The Morgan fingerprint density at radius 3 is 2.61 bits per heavy atom. The van der Waals surface area contributed by atoms with Gasteiger partial charge in [-0.05, 0) is 49.4 Å². The first kappa shape index (κ1) is 13.4. The topological polar surface area (TPSA) is 30.5 Å². The Morgan fingerprint density at radius 2 is 1.94 bits per heavy atom. The maximum atomic E-state index is 5.56. The molecule has 18 heavy (non-hydrogen) atoms. The highest BCUT2D eigenvalue weighted by Gasteiger charge is 2.20. The molecule has 1 N–H and O–H groups in total. The largest absolute Gasteiger partial charge is 0.497 e. The lowest BCUT2D eigenvalue weighted by atomic mass is 10.1. The summed E-state index contributed by atoms with van der Waals surface area (Å²) >= 11 is 0. The molecule has 0 radical (unpaired) electrons. The molecule has 0 spiro atoms. The average molecular weight is 249 g/mol. The Labute approximate surface area is 109 Å². The van der Waals surface area contributed by atoms with E-state index in [9.17, 15) is 0 Å². The second kappa shape index (κ2) is 7.39. The van der Waals surface area contributed by atoms with Crippen LogP contribution in [0.2, 0.25) is 0 Å². The lowest BCUT2D eigenvalue weighted by Crippen LogP contribution is -2.22. The second-order valence-electron chi connectivity index (χ2n) is 4.87. The molecule has 0 aliphatic heterocycles. The van der Waals surface area contributed by atoms with Crippen LogP contribution in [0, 0.1) is 5.92 Å². The van der Waals surface area contributed by atoms with Crippen molar-refractivity contribution in [1.29, 1.82) is 0 Å². The summed E-state index contributed by atoms with van der Waals surface area (Å²) in [5.41, 5.74) is 1.34. The van der Waals surface area contributed by atoms with Crippen LogP contribution in [-0.2, 0) is 11.2 Å². The minimum absolute atomic E-state index is 0.832. The number of hydrogen-bond acceptors (Lipinski definition) is 3. The molecule has 1 aliphatic rings. The first-order valence-corrected chi connectivity index (χ1v) is 6.80. The molecular formula is C15H23NO2. The van der Waals surface area contributed by atoms with E-state index >= 15 is 0 Å². The van der Waals surface area contributed by atoms with Gasteiger partial charge in [0.1, 0.15) is 5.75 Å². The zero-order valence-corrected chi connectivity index (χ0v) is 11.2. The second-order valence-corrected chi connectivity index (χ2v) is 4.87. The molecule has 1 saturated carbocycles. The van der Waals surface area contributed by atoms with Gasteiger partial charge in [-0.2, -0.15) is 0 Å². The molecule has 3 nitrogen and oxygen atoms in total. The van der Waals surface area contributed by atoms with Crippen LogP contribution in [0.1, 0.15) is 18.4 Å². The smallest absolute Gasteiger partial charge is 0.118 e. The summed E-state index contributed by atoms with van der Waals surface area (Å²) in [5, 5.41) is 3.40. The first-order chi connectivity index (χ1) is 8.88. The molecule has 1 aromatic carbocycles. The molecule has 0 atom stereocenters. The molecule has 1 fully saturated rings. The zero-order valence-electron chi connectivity index (χ0n) is 11.2. The van der Waals surface area contributed by atoms with E-state index in [2.05, 4.69) is 17.4 Å². The Hall–Kier alpha value is -1.06. The number of hydrogen-bond donors (Lipinski definition) is 1. The van der Waals surface area contributed by atoms with Gasteiger partial charge in [-0.3, -0.25) is 0 Å². The minimum atomic E-state index is 0.832. The SMILES string of the molecule is COc1ccc(CCNCCOCC2CC2)cc1. The van der Waals surface area contributed by atoms with Gasteiger partial charge in [-0.15, -0.1) is 0 Å². The van der Waals surface area contributed by atoms with Gasteiger partial charge in [0.2, 0.25) is 0 Å². The van der Waals surface area contributed by atoms with E-state index in [1.807, 2.05) is 12.1 Å². The fraction of sp³-hybridized carbons (Fsp3) is 0.600. The molecule has 0 amide bonds. The third-order valence-corrected chi connectivity index (χ3v) is 3.22. The normalized spacial score (nSPS) is 14.7. The van der Waals surface area contributed by atoms with Gasteiger partial charge < -0.3 is 14.8 Å². The van der Waals surface area contributed by atoms with Crippen molar-refractivity contribution >= 4 is 0 Å². The molecule has 3 heteroatoms. The van der Waals surface area contributed by atoms with E-state index < -0.39 is 0 Å². The molecule has 0 bridgehead atoms. The van der Waals surface area contributed by atoms with Crippen LogP contribution in [0.3, 0.4) is 0 Å². The number of nitrogens with one attached hydrogen (secondary N) is 1. The average Bonchev–Trinajstić information content (AvgIpc) is 3.22. The lowest BCUT2D eigenvalue weighted by molar-refractivity contribution is 0.126. The minimum Gasteiger partial charge on any atom is -0.497 e. The van der Waals surface area contributed by atoms with Crippen molar-refractivity contribution in [2.75, 3.05) is 33.4 Å². The maximum absolute atomic E-state index is 5.56. The van der Waals surface area contributed by atoms with Gasteiger partial charge in [0.05, 0.1) is 13.7 Å². The molecule has 0 heterocycles. The van der Waals surface area contributed by atoms with Crippen molar-refractivity contribution in [3.05, 3.63) is 29.8 Å². The predicted molar refractivity (Wildman–Crippen MR) is 73.1 cm³/mol. The van der Waals surface area contributed by atoms with Crippen LogP contribution in [0.5, 0.6) is 5.75 Å². The zero-order chi connectivity index (χ0) is 12.6. The molecular weight excluding hydrogens is 226 g/mol. The van der Waals surface area contributed by atoms with E-state index in [4.69, 9.17) is 9.47 Å². The number of ether oxygens (including phenoxy) is 2. The standard InChI is InChI=1S/C15H23NO2/c1-17-15-6-4-13(5-7-15)8-9-16-10-11-18-12-14-2-3-14/h4-7,14,16H,2-3,8-12H2,1H3. The third-order valence-electron chi connectivity index (χ3n) is 3.22. The van der Waals surface area contributed by atoms with Gasteiger partial charge in [0.15, 0.2) is 0 Å². The van der Waals surface area contributed by atoms with Crippen molar-refractivity contribution in [2.45, 2.75) is 19.3 Å². The molecule has 0 aromatic heterocycles. The Kier molecular flexibility index (Phi) is 5.49. The quantitative estimate of drug-likeness (QED) is 0.681. The van der Waals surface area contributed by atoms with Crippen molar-refractivity contribution < 1.29 is 9.47 Å². The van der Waals surface area contributed by atoms with Gasteiger partial charge in [0.25, 0.3) is 0 Å². The van der Waals surface area contributed by atoms with Gasteiger partial charge >= 0.3 is 0 Å². The molecule has 100 valence electrons. The van der Waals surface area contributed by atoms with Crippen molar-refractivity contribution in [3.63, 3.8) is 0 Å². The Bertz CT molecular complexity index is 333. The van der Waals surface area contributed by atoms with Gasteiger partial charge in [0, 0.05) is 13.2 Å². The highest BCUT2D eigenvalue weighted by Crippen LogP contribution is 2.28. The highest BCUT2D eigenvalue weighted by atomic mass is 16.5. The Morgan fingerprint density at radius 1 is 1.17 bits per heavy atom. The summed E-state index contributed by atoms with van der Waals surface area (Å²) in [6.07, 6.45) is 3.78. The first-order valence-electron chi connectivity index (χ1n) is 6.80. The van der Waals surface area contributed by atoms with Crippen LogP contribution in [0.15, 0.2) is 24.3 Å².